The van der Waals surface area contributed by atoms with Crippen LogP contribution in [0.3, 0.4) is 0 Å². The van der Waals surface area contributed by atoms with Gasteiger partial charge in [-0.25, -0.2) is 0 Å². The summed E-state index contributed by atoms with van der Waals surface area (Å²) < 4.78 is 0. The Labute approximate surface area is 124 Å². The highest BCUT2D eigenvalue weighted by molar-refractivity contribution is 8.00. The summed E-state index contributed by atoms with van der Waals surface area (Å²) in [6, 6.07) is 0. The third kappa shape index (κ3) is 1.73. The van der Waals surface area contributed by atoms with Crippen LogP contribution in [0.4, 0.5) is 0 Å². The molecule has 3 fully saturated rings. The van der Waals surface area contributed by atoms with Gasteiger partial charge >= 0.3 is 0 Å². The first-order valence-electron chi connectivity index (χ1n) is 7.62. The molecule has 106 valence electrons. The Kier molecular flexibility index (Phi) is 2.99. The van der Waals surface area contributed by atoms with Gasteiger partial charge in [-0.2, -0.15) is 0 Å². The summed E-state index contributed by atoms with van der Waals surface area (Å²) >= 11 is 1.80. The van der Waals surface area contributed by atoms with Gasteiger partial charge in [0.25, 0.3) is 0 Å². The lowest BCUT2D eigenvalue weighted by atomic mass is 9.75. The molecule has 0 aromatic carbocycles. The lowest BCUT2D eigenvalue weighted by molar-refractivity contribution is -0.139. The zero-order chi connectivity index (χ0) is 13.7. The highest BCUT2D eigenvalue weighted by atomic mass is 32.2. The Hall–Kier alpha value is -0.770. The molecule has 2 aliphatic heterocycles. The second kappa shape index (κ2) is 4.62. The highest BCUT2D eigenvalue weighted by Crippen LogP contribution is 2.63. The van der Waals surface area contributed by atoms with Crippen molar-refractivity contribution in [3.05, 3.63) is 18.2 Å². The van der Waals surface area contributed by atoms with E-state index in [1.807, 2.05) is 4.90 Å². The van der Waals surface area contributed by atoms with Gasteiger partial charge < -0.3 is 4.90 Å². The van der Waals surface area contributed by atoms with Crippen molar-refractivity contribution >= 4 is 24.0 Å². The van der Waals surface area contributed by atoms with Crippen molar-refractivity contribution < 1.29 is 9.59 Å². The first-order chi connectivity index (χ1) is 9.76. The molecule has 3 atom stereocenters. The monoisotopic (exact) mass is 289 g/mol. The minimum atomic E-state index is -0.210. The molecule has 2 radical (unpaired) electrons. The summed E-state index contributed by atoms with van der Waals surface area (Å²) in [5.41, 5.74) is 0.979. The lowest BCUT2D eigenvalue weighted by Gasteiger charge is -2.47. The second-order valence-corrected chi connectivity index (χ2v) is 7.65. The van der Waals surface area contributed by atoms with Crippen LogP contribution in [0.2, 0.25) is 0 Å². The quantitative estimate of drug-likeness (QED) is 0.747. The average Bonchev–Trinajstić information content (AvgIpc) is 3.03. The topological polar surface area (TPSA) is 37.4 Å². The molecule has 0 aromatic heterocycles. The number of thioether (sulfide) groups is 1. The van der Waals surface area contributed by atoms with Gasteiger partial charge in [0.05, 0.1) is 17.7 Å². The molecule has 0 spiro atoms. The van der Waals surface area contributed by atoms with Crippen LogP contribution in [0.1, 0.15) is 38.5 Å². The van der Waals surface area contributed by atoms with Gasteiger partial charge in [-0.05, 0) is 37.0 Å². The van der Waals surface area contributed by atoms with Gasteiger partial charge in [-0.1, -0.05) is 18.9 Å². The Morgan fingerprint density at radius 2 is 2.15 bits per heavy atom. The number of hydrogen-bond donors (Lipinski definition) is 0. The first-order valence-corrected chi connectivity index (χ1v) is 8.67. The minimum absolute atomic E-state index is 0.0203. The Morgan fingerprint density at radius 3 is 2.75 bits per heavy atom. The van der Waals surface area contributed by atoms with E-state index in [1.165, 1.54) is 25.7 Å². The molecular weight excluding hydrogens is 270 g/mol. The van der Waals surface area contributed by atoms with Crippen molar-refractivity contribution in [2.24, 2.45) is 17.3 Å². The lowest BCUT2D eigenvalue weighted by Crippen LogP contribution is -2.54. The predicted molar refractivity (Wildman–Crippen MR) is 78.3 cm³/mol. The first kappa shape index (κ1) is 12.9. The predicted octanol–water partition coefficient (Wildman–Crippen LogP) is 2.69. The van der Waals surface area contributed by atoms with Gasteiger partial charge in [0.15, 0.2) is 0 Å². The third-order valence-electron chi connectivity index (χ3n) is 5.51. The molecule has 4 heteroatoms. The van der Waals surface area contributed by atoms with Gasteiger partial charge in [-0.15, -0.1) is 11.8 Å². The molecule has 2 heterocycles. The van der Waals surface area contributed by atoms with E-state index in [-0.39, 0.29) is 22.6 Å². The van der Waals surface area contributed by atoms with Crippen LogP contribution >= 0.6 is 11.8 Å². The van der Waals surface area contributed by atoms with Crippen molar-refractivity contribution in [3.8, 4) is 0 Å². The van der Waals surface area contributed by atoms with Gasteiger partial charge in [0, 0.05) is 11.4 Å². The van der Waals surface area contributed by atoms with E-state index in [2.05, 4.69) is 18.8 Å². The zero-order valence-corrected chi connectivity index (χ0v) is 12.3. The van der Waals surface area contributed by atoms with Crippen LogP contribution in [0, 0.1) is 23.7 Å². The number of hydrogen-bond acceptors (Lipinski definition) is 3. The molecule has 3 nitrogen and oxygen atoms in total. The number of fused-ring (bicyclic) bond motifs is 1. The fraction of sp³-hybridized carbons (Fsp3) is 0.688. The third-order valence-corrected chi connectivity index (χ3v) is 6.63. The molecule has 1 saturated heterocycles. The second-order valence-electron chi connectivity index (χ2n) is 6.44. The van der Waals surface area contributed by atoms with Crippen molar-refractivity contribution in [1.82, 2.24) is 4.90 Å². The van der Waals surface area contributed by atoms with E-state index in [0.717, 1.165) is 17.9 Å². The maximum atomic E-state index is 11.9. The number of amides is 1. The summed E-state index contributed by atoms with van der Waals surface area (Å²) in [6.45, 7) is 0. The minimum Gasteiger partial charge on any atom is -0.303 e. The van der Waals surface area contributed by atoms with Crippen LogP contribution in [0.5, 0.6) is 0 Å². The fourth-order valence-electron chi connectivity index (χ4n) is 4.26. The van der Waals surface area contributed by atoms with E-state index in [0.29, 0.717) is 12.3 Å². The molecule has 0 bridgehead atoms. The average molecular weight is 289 g/mol. The molecule has 4 rings (SSSR count). The number of carbonyl (C=O) groups excluding carboxylic acids is 2. The molecule has 0 aromatic rings. The Morgan fingerprint density at radius 1 is 1.40 bits per heavy atom. The number of rotatable bonds is 4. The van der Waals surface area contributed by atoms with Gasteiger partial charge in [0.2, 0.25) is 12.2 Å². The summed E-state index contributed by atoms with van der Waals surface area (Å²) in [5.74, 6) is 1.51. The van der Waals surface area contributed by atoms with Crippen molar-refractivity contribution in [2.75, 3.05) is 5.75 Å². The summed E-state index contributed by atoms with van der Waals surface area (Å²) in [6.07, 6.45) is 13.4. The summed E-state index contributed by atoms with van der Waals surface area (Å²) in [4.78, 5) is 25.5. The molecule has 0 N–H and O–H groups in total. The van der Waals surface area contributed by atoms with Crippen LogP contribution in [0.15, 0.2) is 11.8 Å². The summed E-state index contributed by atoms with van der Waals surface area (Å²) in [5, 5.41) is 0.276. The maximum absolute atomic E-state index is 11.9. The molecule has 1 amide bonds. The summed E-state index contributed by atoms with van der Waals surface area (Å²) in [7, 11) is 0. The standard InChI is InChI=1S/C16H19NO2S/c18-10-12(16(6-7-16)11-3-1-2-4-11)13-5-8-20-15-9-14(19)17(13)15/h5-6,11-12,15H,1-4,7-9H2/t12?,15-,16?/m0/s1. The zero-order valence-electron chi connectivity index (χ0n) is 11.5. The smallest absolute Gasteiger partial charge is 0.230 e. The van der Waals surface area contributed by atoms with E-state index in [1.54, 1.807) is 11.8 Å². The molecule has 2 unspecified atom stereocenters. The van der Waals surface area contributed by atoms with Crippen molar-refractivity contribution in [2.45, 2.75) is 43.9 Å². The van der Waals surface area contributed by atoms with Crippen LogP contribution in [0.25, 0.3) is 0 Å². The number of nitrogens with zero attached hydrogens (tertiary/aromatic N) is 1. The molecule has 2 aliphatic carbocycles. The van der Waals surface area contributed by atoms with E-state index < -0.39 is 0 Å². The maximum Gasteiger partial charge on any atom is 0.230 e. The largest absolute Gasteiger partial charge is 0.303 e. The van der Waals surface area contributed by atoms with Gasteiger partial charge in [-0.3, -0.25) is 9.59 Å². The van der Waals surface area contributed by atoms with Crippen LogP contribution < -0.4 is 0 Å². The Balaban J connectivity index is 1.63. The number of β-lactam (4-membered cyclic amide) rings is 1. The van der Waals surface area contributed by atoms with Gasteiger partial charge in [0.1, 0.15) is 0 Å². The molecule has 2 saturated carbocycles. The normalized spacial score (nSPS) is 33.2. The van der Waals surface area contributed by atoms with Crippen molar-refractivity contribution in [3.63, 3.8) is 0 Å². The number of allylic oxidation sites excluding steroid dienone is 1. The van der Waals surface area contributed by atoms with E-state index >= 15 is 0 Å². The SMILES string of the molecule is O=[C]C(C1=CCS[C@H]2CC(=O)N12)C1(C2CCCC2)[CH]C1. The highest BCUT2D eigenvalue weighted by Gasteiger charge is 2.59. The number of carbonyl (C=O) groups is 1. The van der Waals surface area contributed by atoms with E-state index in [4.69, 9.17) is 0 Å². The van der Waals surface area contributed by atoms with Crippen molar-refractivity contribution in [1.29, 1.82) is 0 Å². The van der Waals surface area contributed by atoms with Crippen LogP contribution in [-0.2, 0) is 9.59 Å². The van der Waals surface area contributed by atoms with Crippen LogP contribution in [-0.4, -0.2) is 28.2 Å². The molecular formula is C16H19NO2S. The fourth-order valence-corrected chi connectivity index (χ4v) is 5.40. The Bertz CT molecular complexity index is 477. The molecule has 20 heavy (non-hydrogen) atoms. The van der Waals surface area contributed by atoms with E-state index in [9.17, 15) is 9.59 Å². The molecule has 4 aliphatic rings.